The van der Waals surface area contributed by atoms with Crippen molar-refractivity contribution in [2.24, 2.45) is 5.11 Å². The van der Waals surface area contributed by atoms with Crippen molar-refractivity contribution in [3.63, 3.8) is 0 Å². The van der Waals surface area contributed by atoms with E-state index in [1.165, 1.54) is 0 Å². The van der Waals surface area contributed by atoms with Crippen molar-refractivity contribution in [3.05, 3.63) is 46.3 Å². The minimum atomic E-state index is -1.27. The number of hydrogen-bond acceptors (Lipinski definition) is 4. The first-order valence-corrected chi connectivity index (χ1v) is 8.86. The maximum absolute atomic E-state index is 12.7. The molecule has 0 radical (unpaired) electrons. The molecule has 7 nitrogen and oxygen atoms in total. The molecule has 7 heteroatoms. The minimum absolute atomic E-state index is 0.253. The van der Waals surface area contributed by atoms with Crippen LogP contribution in [-0.4, -0.2) is 29.6 Å². The Bertz CT molecular complexity index is 738. The van der Waals surface area contributed by atoms with E-state index >= 15 is 0 Å². The predicted molar refractivity (Wildman–Crippen MR) is 104 cm³/mol. The van der Waals surface area contributed by atoms with Gasteiger partial charge in [-0.25, -0.2) is 4.79 Å². The van der Waals surface area contributed by atoms with Crippen LogP contribution in [0.3, 0.4) is 0 Å². The van der Waals surface area contributed by atoms with Crippen LogP contribution in [0.1, 0.15) is 46.1 Å². The molecule has 0 aliphatic rings. The number of azide groups is 1. The van der Waals surface area contributed by atoms with E-state index in [9.17, 15) is 9.59 Å². The van der Waals surface area contributed by atoms with Crippen LogP contribution in [0.25, 0.3) is 10.4 Å². The van der Waals surface area contributed by atoms with E-state index in [1.54, 1.807) is 0 Å². The maximum atomic E-state index is 12.7. The molecule has 1 aromatic rings. The maximum Gasteiger partial charge on any atom is 0.385 e. The van der Waals surface area contributed by atoms with Crippen LogP contribution in [-0.2, 0) is 20.7 Å². The molecular formula is C20H26N4O3. The lowest BCUT2D eigenvalue weighted by Gasteiger charge is -2.27. The van der Waals surface area contributed by atoms with E-state index in [0.29, 0.717) is 6.42 Å². The van der Waals surface area contributed by atoms with Gasteiger partial charge in [-0.15, -0.1) is 0 Å². The number of unbranched alkanes of at least 4 members (excludes halogenated alkanes) is 1. The smallest absolute Gasteiger partial charge is 0.385 e. The van der Waals surface area contributed by atoms with Gasteiger partial charge in [0.05, 0.1) is 6.04 Å². The van der Waals surface area contributed by atoms with Crippen molar-refractivity contribution in [2.45, 2.75) is 64.6 Å². The standard InChI is InChI=1S/C20H26N4O3/c1-5-6-8-13-17(25)27-18(19(26)22-20(2,3)4)16(23-24-21)14-15-11-9-7-10-12-15/h7,9-12,16,18H,5-6,14H2,1-4H3,(H,22,26)/t16-,18?/m0/s1. The van der Waals surface area contributed by atoms with Crippen molar-refractivity contribution >= 4 is 11.9 Å². The van der Waals surface area contributed by atoms with Crippen LogP contribution < -0.4 is 5.32 Å². The molecule has 1 unspecified atom stereocenters. The van der Waals surface area contributed by atoms with Crippen molar-refractivity contribution < 1.29 is 14.3 Å². The Morgan fingerprint density at radius 2 is 1.96 bits per heavy atom. The zero-order chi connectivity index (χ0) is 20.3. The molecule has 1 rings (SSSR count). The molecular weight excluding hydrogens is 344 g/mol. The molecule has 1 aromatic carbocycles. The molecule has 0 aromatic heterocycles. The van der Waals surface area contributed by atoms with Gasteiger partial charge in [-0.2, -0.15) is 0 Å². The number of hydrogen-bond donors (Lipinski definition) is 1. The Labute approximate surface area is 160 Å². The zero-order valence-corrected chi connectivity index (χ0v) is 16.2. The van der Waals surface area contributed by atoms with Gasteiger partial charge in [0.2, 0.25) is 0 Å². The topological polar surface area (TPSA) is 104 Å². The molecule has 1 N–H and O–H groups in total. The van der Waals surface area contributed by atoms with Gasteiger partial charge in [0.15, 0.2) is 6.10 Å². The summed E-state index contributed by atoms with van der Waals surface area (Å²) in [5.74, 6) is 3.71. The van der Waals surface area contributed by atoms with Crippen LogP contribution in [0, 0.1) is 11.8 Å². The first kappa shape index (κ1) is 22.1. The monoisotopic (exact) mass is 370 g/mol. The van der Waals surface area contributed by atoms with Crippen molar-refractivity contribution in [1.29, 1.82) is 0 Å². The SMILES string of the molecule is CCCC#CC(=O)OC(C(=O)NC(C)(C)C)[C@H](Cc1ccccc1)N=[N+]=[N-]. The van der Waals surface area contributed by atoms with Gasteiger partial charge in [0.25, 0.3) is 5.91 Å². The van der Waals surface area contributed by atoms with Crippen molar-refractivity contribution in [1.82, 2.24) is 5.32 Å². The van der Waals surface area contributed by atoms with E-state index in [1.807, 2.05) is 58.0 Å². The van der Waals surface area contributed by atoms with Crippen molar-refractivity contribution in [2.75, 3.05) is 0 Å². The number of rotatable bonds is 7. The van der Waals surface area contributed by atoms with Gasteiger partial charge < -0.3 is 10.1 Å². The molecule has 0 bridgehead atoms. The Kier molecular flexibility index (Phi) is 8.91. The molecule has 27 heavy (non-hydrogen) atoms. The van der Waals surface area contributed by atoms with E-state index in [-0.39, 0.29) is 6.42 Å². The highest BCUT2D eigenvalue weighted by Crippen LogP contribution is 2.15. The number of ether oxygens (including phenoxy) is 1. The number of carbonyl (C=O) groups excluding carboxylic acids is 2. The molecule has 0 saturated heterocycles. The fraction of sp³-hybridized carbons (Fsp3) is 0.500. The minimum Gasteiger partial charge on any atom is -0.442 e. The van der Waals surface area contributed by atoms with Crippen LogP contribution in [0.5, 0.6) is 0 Å². The lowest BCUT2D eigenvalue weighted by Crippen LogP contribution is -2.51. The van der Waals surface area contributed by atoms with E-state index in [4.69, 9.17) is 10.3 Å². The number of nitrogens with zero attached hydrogens (tertiary/aromatic N) is 3. The van der Waals surface area contributed by atoms with E-state index < -0.39 is 29.6 Å². The van der Waals surface area contributed by atoms with Crippen LogP contribution in [0.4, 0.5) is 0 Å². The summed E-state index contributed by atoms with van der Waals surface area (Å²) in [7, 11) is 0. The summed E-state index contributed by atoms with van der Waals surface area (Å²) in [5, 5.41) is 6.48. The molecule has 1 amide bonds. The van der Waals surface area contributed by atoms with Gasteiger partial charge in [0, 0.05) is 22.8 Å². The number of amides is 1. The lowest BCUT2D eigenvalue weighted by atomic mass is 10.00. The second-order valence-corrected chi connectivity index (χ2v) is 7.08. The number of benzene rings is 1. The van der Waals surface area contributed by atoms with Gasteiger partial charge >= 0.3 is 5.97 Å². The molecule has 0 spiro atoms. The van der Waals surface area contributed by atoms with Gasteiger partial charge in [-0.3, -0.25) is 4.79 Å². The Hall–Kier alpha value is -2.97. The molecule has 2 atom stereocenters. The van der Waals surface area contributed by atoms with Crippen LogP contribution in [0.2, 0.25) is 0 Å². The summed E-state index contributed by atoms with van der Waals surface area (Å²) in [4.78, 5) is 27.6. The summed E-state index contributed by atoms with van der Waals surface area (Å²) in [6, 6.07) is 8.35. The summed E-state index contributed by atoms with van der Waals surface area (Å²) < 4.78 is 5.30. The highest BCUT2D eigenvalue weighted by Gasteiger charge is 2.33. The fourth-order valence-corrected chi connectivity index (χ4v) is 2.28. The zero-order valence-electron chi connectivity index (χ0n) is 16.2. The molecule has 0 saturated carbocycles. The van der Waals surface area contributed by atoms with Gasteiger partial charge in [-0.1, -0.05) is 48.3 Å². The summed E-state index contributed by atoms with van der Waals surface area (Å²) in [6.45, 7) is 7.37. The molecule has 0 fully saturated rings. The summed E-state index contributed by atoms with van der Waals surface area (Å²) >= 11 is 0. The first-order valence-electron chi connectivity index (χ1n) is 8.86. The molecule has 0 aliphatic heterocycles. The quantitative estimate of drug-likeness (QED) is 0.198. The third-order valence-electron chi connectivity index (χ3n) is 3.39. The second kappa shape index (κ2) is 10.9. The highest BCUT2D eigenvalue weighted by atomic mass is 16.5. The number of nitrogens with one attached hydrogen (secondary N) is 1. The average Bonchev–Trinajstić information content (AvgIpc) is 2.59. The first-order chi connectivity index (χ1) is 12.8. The average molecular weight is 370 g/mol. The normalized spacial score (nSPS) is 12.6. The molecule has 0 heterocycles. The third kappa shape index (κ3) is 8.80. The second-order valence-electron chi connectivity index (χ2n) is 7.08. The Morgan fingerprint density at radius 3 is 2.52 bits per heavy atom. The van der Waals surface area contributed by atoms with E-state index in [2.05, 4.69) is 27.2 Å². The third-order valence-corrected chi connectivity index (χ3v) is 3.39. The number of carbonyl (C=O) groups is 2. The Balaban J connectivity index is 3.10. The summed E-state index contributed by atoms with van der Waals surface area (Å²) in [6.07, 6.45) is 0.341. The van der Waals surface area contributed by atoms with E-state index in [0.717, 1.165) is 12.0 Å². The fourth-order valence-electron chi connectivity index (χ4n) is 2.28. The lowest BCUT2D eigenvalue weighted by molar-refractivity contribution is -0.152. The van der Waals surface area contributed by atoms with Crippen LogP contribution >= 0.6 is 0 Å². The van der Waals surface area contributed by atoms with Gasteiger partial charge in [0.1, 0.15) is 0 Å². The largest absolute Gasteiger partial charge is 0.442 e. The van der Waals surface area contributed by atoms with Crippen molar-refractivity contribution in [3.8, 4) is 11.8 Å². The van der Waals surface area contributed by atoms with Gasteiger partial charge in [-0.05, 0) is 44.7 Å². The number of esters is 1. The molecule has 144 valence electrons. The molecule has 0 aliphatic carbocycles. The predicted octanol–water partition coefficient (Wildman–Crippen LogP) is 3.54. The Morgan fingerprint density at radius 1 is 1.30 bits per heavy atom. The summed E-state index contributed by atoms with van der Waals surface area (Å²) in [5.41, 5.74) is 9.26. The van der Waals surface area contributed by atoms with Crippen LogP contribution in [0.15, 0.2) is 35.4 Å². The highest BCUT2D eigenvalue weighted by molar-refractivity contribution is 5.92.